The van der Waals surface area contributed by atoms with Crippen molar-refractivity contribution >= 4 is 23.6 Å². The fraction of sp³-hybridized carbons (Fsp3) is 0.455. The Kier molecular flexibility index (Phi) is 5.53. The number of nitrogens with two attached hydrogens (primary N) is 1. The number of urea groups is 1. The molecular formula is C22H29N7O2. The van der Waals surface area contributed by atoms with Crippen LogP contribution in [0.3, 0.4) is 0 Å². The predicted octanol–water partition coefficient (Wildman–Crippen LogP) is 1.67. The van der Waals surface area contributed by atoms with E-state index in [2.05, 4.69) is 63.9 Å². The van der Waals surface area contributed by atoms with Gasteiger partial charge in [-0.2, -0.15) is 0 Å². The zero-order valence-electron chi connectivity index (χ0n) is 18.0. The molecule has 1 saturated heterocycles. The van der Waals surface area contributed by atoms with E-state index in [0.29, 0.717) is 18.2 Å². The molecule has 31 heavy (non-hydrogen) atoms. The van der Waals surface area contributed by atoms with E-state index in [9.17, 15) is 9.59 Å². The maximum atomic E-state index is 12.8. The monoisotopic (exact) mass is 423 g/mol. The second-order valence-electron chi connectivity index (χ2n) is 8.67. The molecule has 1 aromatic carbocycles. The lowest BCUT2D eigenvalue weighted by atomic mass is 9.69. The molecule has 4 rings (SSSR count). The van der Waals surface area contributed by atoms with E-state index < -0.39 is 5.91 Å². The van der Waals surface area contributed by atoms with Gasteiger partial charge in [-0.15, -0.1) is 0 Å². The van der Waals surface area contributed by atoms with Crippen molar-refractivity contribution in [3.63, 3.8) is 0 Å². The molecule has 3 amide bonds. The average Bonchev–Trinajstić information content (AvgIpc) is 3.09. The van der Waals surface area contributed by atoms with Crippen molar-refractivity contribution in [1.82, 2.24) is 20.2 Å². The number of carbonyl (C=O) groups is 2. The Morgan fingerprint density at radius 2 is 1.81 bits per heavy atom. The van der Waals surface area contributed by atoms with Gasteiger partial charge in [0.15, 0.2) is 0 Å². The summed E-state index contributed by atoms with van der Waals surface area (Å²) in [6.45, 7) is 0.545. The van der Waals surface area contributed by atoms with Gasteiger partial charge in [0.2, 0.25) is 11.9 Å². The molecule has 0 bridgehead atoms. The summed E-state index contributed by atoms with van der Waals surface area (Å²) in [7, 11) is 4.27. The highest BCUT2D eigenvalue weighted by Crippen LogP contribution is 2.46. The lowest BCUT2D eigenvalue weighted by molar-refractivity contribution is -0.116. The van der Waals surface area contributed by atoms with E-state index in [1.807, 2.05) is 6.07 Å². The number of amides is 3. The van der Waals surface area contributed by atoms with Crippen LogP contribution in [-0.2, 0) is 10.3 Å². The van der Waals surface area contributed by atoms with Gasteiger partial charge in [0.05, 0.1) is 36.7 Å². The van der Waals surface area contributed by atoms with Crippen LogP contribution in [-0.4, -0.2) is 59.5 Å². The minimum atomic E-state index is -0.491. The molecule has 164 valence electrons. The SMILES string of the molecule is CN(C)C1(c2ccccc2)CCC2(CC1)CN(c1cnc(NCC(N)=O)nc1)C(=O)N2. The second kappa shape index (κ2) is 8.14. The average molecular weight is 424 g/mol. The first-order valence-corrected chi connectivity index (χ1v) is 10.5. The fourth-order valence-electron chi connectivity index (χ4n) is 4.80. The lowest BCUT2D eigenvalue weighted by Crippen LogP contribution is -2.54. The Morgan fingerprint density at radius 1 is 1.16 bits per heavy atom. The number of hydrogen-bond donors (Lipinski definition) is 3. The van der Waals surface area contributed by atoms with Gasteiger partial charge >= 0.3 is 6.03 Å². The van der Waals surface area contributed by atoms with Crippen LogP contribution in [0.5, 0.6) is 0 Å². The maximum absolute atomic E-state index is 12.8. The first-order chi connectivity index (χ1) is 14.8. The molecule has 2 aliphatic rings. The predicted molar refractivity (Wildman–Crippen MR) is 119 cm³/mol. The molecule has 0 radical (unpaired) electrons. The third-order valence-corrected chi connectivity index (χ3v) is 6.65. The fourth-order valence-corrected chi connectivity index (χ4v) is 4.80. The summed E-state index contributed by atoms with van der Waals surface area (Å²) in [5.74, 6) is -0.191. The molecule has 1 aliphatic heterocycles. The van der Waals surface area contributed by atoms with Crippen LogP contribution in [0.1, 0.15) is 31.2 Å². The molecular weight excluding hydrogens is 394 g/mol. The van der Waals surface area contributed by atoms with Crippen LogP contribution in [0.4, 0.5) is 16.4 Å². The number of anilines is 2. The molecule has 1 aliphatic carbocycles. The second-order valence-corrected chi connectivity index (χ2v) is 8.67. The number of aromatic nitrogens is 2. The third-order valence-electron chi connectivity index (χ3n) is 6.65. The third kappa shape index (κ3) is 4.05. The zero-order chi connectivity index (χ0) is 22.1. The van der Waals surface area contributed by atoms with Crippen LogP contribution in [0.2, 0.25) is 0 Å². The Balaban J connectivity index is 1.46. The van der Waals surface area contributed by atoms with Crippen molar-refractivity contribution in [2.45, 2.75) is 36.8 Å². The molecule has 1 saturated carbocycles. The number of hydrogen-bond acceptors (Lipinski definition) is 6. The van der Waals surface area contributed by atoms with Crippen molar-refractivity contribution in [2.75, 3.05) is 37.4 Å². The molecule has 4 N–H and O–H groups in total. The van der Waals surface area contributed by atoms with Crippen LogP contribution < -0.4 is 21.3 Å². The highest BCUT2D eigenvalue weighted by Gasteiger charge is 2.50. The highest BCUT2D eigenvalue weighted by molar-refractivity contribution is 5.95. The highest BCUT2D eigenvalue weighted by atomic mass is 16.2. The standard InChI is InChI=1S/C22H29N7O2/c1-28(2)22(16-6-4-3-5-7-16)10-8-21(9-11-22)15-29(20(31)27-21)17-12-24-19(25-13-17)26-14-18(23)30/h3-7,12-13H,8-11,14-15H2,1-2H3,(H2,23,30)(H,27,31)(H,24,25,26). The summed E-state index contributed by atoms with van der Waals surface area (Å²) in [6, 6.07) is 10.5. The van der Waals surface area contributed by atoms with Gasteiger partial charge in [0.25, 0.3) is 0 Å². The van der Waals surface area contributed by atoms with Crippen molar-refractivity contribution in [2.24, 2.45) is 5.73 Å². The Hall–Kier alpha value is -3.20. The molecule has 1 spiro atoms. The number of nitrogens with zero attached hydrogens (tertiary/aromatic N) is 4. The molecule has 2 fully saturated rings. The first kappa shape index (κ1) is 21.0. The zero-order valence-corrected chi connectivity index (χ0v) is 18.0. The first-order valence-electron chi connectivity index (χ1n) is 10.5. The van der Waals surface area contributed by atoms with E-state index in [4.69, 9.17) is 5.73 Å². The molecule has 0 atom stereocenters. The van der Waals surface area contributed by atoms with Gasteiger partial charge in [-0.3, -0.25) is 14.6 Å². The molecule has 9 heteroatoms. The number of primary amides is 1. The van der Waals surface area contributed by atoms with E-state index in [1.54, 1.807) is 17.3 Å². The van der Waals surface area contributed by atoms with E-state index in [-0.39, 0.29) is 23.7 Å². The minimum absolute atomic E-state index is 0.0263. The number of rotatable bonds is 6. The van der Waals surface area contributed by atoms with Crippen LogP contribution in [0, 0.1) is 0 Å². The van der Waals surface area contributed by atoms with Gasteiger partial charge in [-0.05, 0) is 45.3 Å². The van der Waals surface area contributed by atoms with E-state index in [0.717, 1.165) is 25.7 Å². The van der Waals surface area contributed by atoms with Gasteiger partial charge in [0, 0.05) is 5.54 Å². The normalized spacial score (nSPS) is 25.6. The number of carbonyl (C=O) groups excluding carboxylic acids is 2. The summed E-state index contributed by atoms with van der Waals surface area (Å²) in [4.78, 5) is 36.1. The Labute approximate surface area is 182 Å². The van der Waals surface area contributed by atoms with Crippen LogP contribution in [0.25, 0.3) is 0 Å². The van der Waals surface area contributed by atoms with E-state index in [1.165, 1.54) is 5.56 Å². The summed E-state index contributed by atoms with van der Waals surface area (Å²) in [6.07, 6.45) is 6.88. The maximum Gasteiger partial charge on any atom is 0.322 e. The Morgan fingerprint density at radius 3 is 2.39 bits per heavy atom. The van der Waals surface area contributed by atoms with E-state index >= 15 is 0 Å². The van der Waals surface area contributed by atoms with Crippen LogP contribution >= 0.6 is 0 Å². The van der Waals surface area contributed by atoms with Crippen molar-refractivity contribution in [1.29, 1.82) is 0 Å². The molecule has 2 heterocycles. The molecule has 0 unspecified atom stereocenters. The lowest BCUT2D eigenvalue weighted by Gasteiger charge is -2.48. The number of nitrogens with one attached hydrogen (secondary N) is 2. The summed E-state index contributed by atoms with van der Waals surface area (Å²) < 4.78 is 0. The summed E-state index contributed by atoms with van der Waals surface area (Å²) in [5.41, 5.74) is 6.79. The van der Waals surface area contributed by atoms with Crippen molar-refractivity contribution in [3.8, 4) is 0 Å². The number of benzene rings is 1. The molecule has 9 nitrogen and oxygen atoms in total. The largest absolute Gasteiger partial charge is 0.368 e. The van der Waals surface area contributed by atoms with Crippen molar-refractivity contribution < 1.29 is 9.59 Å². The van der Waals surface area contributed by atoms with Gasteiger partial charge < -0.3 is 16.4 Å². The van der Waals surface area contributed by atoms with Gasteiger partial charge in [0.1, 0.15) is 0 Å². The quantitative estimate of drug-likeness (QED) is 0.651. The minimum Gasteiger partial charge on any atom is -0.368 e. The molecule has 2 aromatic rings. The Bertz CT molecular complexity index is 938. The van der Waals surface area contributed by atoms with Gasteiger partial charge in [-0.25, -0.2) is 14.8 Å². The van der Waals surface area contributed by atoms with Crippen LogP contribution in [0.15, 0.2) is 42.7 Å². The summed E-state index contributed by atoms with van der Waals surface area (Å²) >= 11 is 0. The summed E-state index contributed by atoms with van der Waals surface area (Å²) in [5, 5.41) is 5.98. The van der Waals surface area contributed by atoms with Crippen molar-refractivity contribution in [3.05, 3.63) is 48.3 Å². The molecule has 1 aromatic heterocycles. The topological polar surface area (TPSA) is 116 Å². The van der Waals surface area contributed by atoms with Gasteiger partial charge in [-0.1, -0.05) is 30.3 Å². The smallest absolute Gasteiger partial charge is 0.322 e.